The van der Waals surface area contributed by atoms with Crippen LogP contribution in [0.3, 0.4) is 0 Å². The first kappa shape index (κ1) is 19.7. The molecule has 138 valence electrons. The number of amides is 1. The van der Waals surface area contributed by atoms with Gasteiger partial charge in [-0.3, -0.25) is 14.9 Å². The van der Waals surface area contributed by atoms with Crippen LogP contribution in [0.1, 0.15) is 31.0 Å². The van der Waals surface area contributed by atoms with Crippen LogP contribution in [0.2, 0.25) is 0 Å². The summed E-state index contributed by atoms with van der Waals surface area (Å²) in [5, 5.41) is 6.08. The quantitative estimate of drug-likeness (QED) is 0.747. The van der Waals surface area contributed by atoms with Crippen LogP contribution in [0.4, 0.5) is 5.69 Å². The Hall–Kier alpha value is -2.66. The SMILES string of the molecule is COC(=O)[C@H](N[C@@H](C(=O)Nc1ccc(C)cc1)c1ccccc1)C(C)C. The molecule has 0 aliphatic carbocycles. The third kappa shape index (κ3) is 5.17. The van der Waals surface area contributed by atoms with E-state index in [2.05, 4.69) is 10.6 Å². The van der Waals surface area contributed by atoms with Gasteiger partial charge in [0, 0.05) is 5.69 Å². The number of hydrogen-bond acceptors (Lipinski definition) is 4. The molecule has 0 saturated heterocycles. The first-order valence-electron chi connectivity index (χ1n) is 8.68. The molecule has 26 heavy (non-hydrogen) atoms. The molecule has 0 spiro atoms. The molecule has 2 N–H and O–H groups in total. The van der Waals surface area contributed by atoms with Gasteiger partial charge in [0.05, 0.1) is 7.11 Å². The minimum atomic E-state index is -0.677. The van der Waals surface area contributed by atoms with Crippen molar-refractivity contribution >= 4 is 17.6 Å². The Balaban J connectivity index is 2.27. The summed E-state index contributed by atoms with van der Waals surface area (Å²) in [5.41, 5.74) is 2.61. The third-order valence-corrected chi connectivity index (χ3v) is 4.18. The molecule has 0 aromatic heterocycles. The van der Waals surface area contributed by atoms with E-state index in [1.54, 1.807) is 0 Å². The highest BCUT2D eigenvalue weighted by atomic mass is 16.5. The summed E-state index contributed by atoms with van der Waals surface area (Å²) in [6, 6.07) is 15.7. The number of benzene rings is 2. The van der Waals surface area contributed by atoms with Crippen LogP contribution in [0.5, 0.6) is 0 Å². The topological polar surface area (TPSA) is 67.4 Å². The Morgan fingerprint density at radius 1 is 0.962 bits per heavy atom. The maximum absolute atomic E-state index is 12.9. The van der Waals surface area contributed by atoms with Crippen molar-refractivity contribution in [2.75, 3.05) is 12.4 Å². The van der Waals surface area contributed by atoms with Gasteiger partial charge >= 0.3 is 5.97 Å². The molecular formula is C21H26N2O3. The fraction of sp³-hybridized carbons (Fsp3) is 0.333. The van der Waals surface area contributed by atoms with Crippen molar-refractivity contribution in [3.8, 4) is 0 Å². The maximum Gasteiger partial charge on any atom is 0.323 e. The van der Waals surface area contributed by atoms with Gasteiger partial charge < -0.3 is 10.1 Å². The summed E-state index contributed by atoms with van der Waals surface area (Å²) in [5.74, 6) is -0.639. The number of hydrogen-bond donors (Lipinski definition) is 2. The summed E-state index contributed by atoms with van der Waals surface area (Å²) >= 11 is 0. The molecule has 1 amide bonds. The van der Waals surface area contributed by atoms with Crippen molar-refractivity contribution in [3.63, 3.8) is 0 Å². The van der Waals surface area contributed by atoms with Crippen LogP contribution in [-0.2, 0) is 14.3 Å². The molecule has 5 nitrogen and oxygen atoms in total. The number of ether oxygens (including phenoxy) is 1. The van der Waals surface area contributed by atoms with Gasteiger partial charge in [-0.1, -0.05) is 61.9 Å². The van der Waals surface area contributed by atoms with E-state index in [9.17, 15) is 9.59 Å². The zero-order valence-electron chi connectivity index (χ0n) is 15.7. The maximum atomic E-state index is 12.9. The molecule has 2 aromatic rings. The van der Waals surface area contributed by atoms with Gasteiger partial charge in [0.2, 0.25) is 5.91 Å². The monoisotopic (exact) mass is 354 g/mol. The Labute approximate surface area is 154 Å². The minimum absolute atomic E-state index is 0.0270. The molecule has 0 radical (unpaired) electrons. The number of anilines is 1. The second-order valence-electron chi connectivity index (χ2n) is 6.61. The fourth-order valence-electron chi connectivity index (χ4n) is 2.66. The van der Waals surface area contributed by atoms with Crippen molar-refractivity contribution in [1.82, 2.24) is 5.32 Å². The number of methoxy groups -OCH3 is 1. The van der Waals surface area contributed by atoms with Gasteiger partial charge in [0.1, 0.15) is 12.1 Å². The molecule has 5 heteroatoms. The molecule has 0 bridgehead atoms. The van der Waals surface area contributed by atoms with Crippen LogP contribution < -0.4 is 10.6 Å². The zero-order valence-corrected chi connectivity index (χ0v) is 15.7. The summed E-state index contributed by atoms with van der Waals surface area (Å²) in [4.78, 5) is 25.1. The lowest BCUT2D eigenvalue weighted by atomic mass is 9.99. The van der Waals surface area contributed by atoms with Crippen LogP contribution in [0.15, 0.2) is 54.6 Å². The molecule has 0 unspecified atom stereocenters. The molecule has 0 fully saturated rings. The van der Waals surface area contributed by atoms with Crippen molar-refractivity contribution < 1.29 is 14.3 Å². The van der Waals surface area contributed by atoms with Crippen molar-refractivity contribution in [2.24, 2.45) is 5.92 Å². The van der Waals surface area contributed by atoms with Gasteiger partial charge in [-0.05, 0) is 30.5 Å². The highest BCUT2D eigenvalue weighted by Gasteiger charge is 2.30. The Morgan fingerprint density at radius 3 is 2.12 bits per heavy atom. The van der Waals surface area contributed by atoms with Crippen LogP contribution in [0.25, 0.3) is 0 Å². The molecule has 2 atom stereocenters. The van der Waals surface area contributed by atoms with E-state index in [4.69, 9.17) is 4.74 Å². The van der Waals surface area contributed by atoms with Gasteiger partial charge in [-0.15, -0.1) is 0 Å². The predicted octanol–water partition coefficient (Wildman–Crippen LogP) is 3.46. The number of rotatable bonds is 7. The highest BCUT2D eigenvalue weighted by molar-refractivity contribution is 5.96. The van der Waals surface area contributed by atoms with Gasteiger partial charge in [-0.2, -0.15) is 0 Å². The summed E-state index contributed by atoms with van der Waals surface area (Å²) in [6.07, 6.45) is 0. The lowest BCUT2D eigenvalue weighted by Gasteiger charge is -2.26. The number of nitrogens with one attached hydrogen (secondary N) is 2. The molecule has 0 saturated carbocycles. The molecule has 2 rings (SSSR count). The smallest absolute Gasteiger partial charge is 0.323 e. The van der Waals surface area contributed by atoms with Gasteiger partial charge in [-0.25, -0.2) is 0 Å². The first-order valence-corrected chi connectivity index (χ1v) is 8.68. The molecule has 2 aromatic carbocycles. The Kier molecular flexibility index (Phi) is 6.92. The van der Waals surface area contributed by atoms with E-state index in [0.717, 1.165) is 11.1 Å². The highest BCUT2D eigenvalue weighted by Crippen LogP contribution is 2.19. The van der Waals surface area contributed by atoms with Crippen LogP contribution in [-0.4, -0.2) is 25.0 Å². The Bertz CT molecular complexity index is 727. The van der Waals surface area contributed by atoms with Crippen molar-refractivity contribution in [2.45, 2.75) is 32.9 Å². The number of carbonyl (C=O) groups excluding carboxylic acids is 2. The van der Waals surface area contributed by atoms with E-state index in [0.29, 0.717) is 5.69 Å². The number of carbonyl (C=O) groups is 2. The number of aryl methyl sites for hydroxylation is 1. The van der Waals surface area contributed by atoms with E-state index < -0.39 is 12.1 Å². The van der Waals surface area contributed by atoms with Crippen molar-refractivity contribution in [1.29, 1.82) is 0 Å². The summed E-state index contributed by atoms with van der Waals surface area (Å²) in [6.45, 7) is 5.81. The number of esters is 1. The summed E-state index contributed by atoms with van der Waals surface area (Å²) < 4.78 is 4.89. The van der Waals surface area contributed by atoms with Crippen LogP contribution >= 0.6 is 0 Å². The second kappa shape index (κ2) is 9.15. The first-order chi connectivity index (χ1) is 12.4. The van der Waals surface area contributed by atoms with E-state index in [1.165, 1.54) is 7.11 Å². The normalized spacial score (nSPS) is 13.1. The molecular weight excluding hydrogens is 328 g/mol. The van der Waals surface area contributed by atoms with E-state index in [1.807, 2.05) is 75.4 Å². The standard InChI is InChI=1S/C21H26N2O3/c1-14(2)18(21(25)26-4)23-19(16-8-6-5-7-9-16)20(24)22-17-12-10-15(3)11-13-17/h5-14,18-19,23H,1-4H3,(H,22,24)/t18-,19-/m1/s1. The largest absolute Gasteiger partial charge is 0.468 e. The van der Waals surface area contributed by atoms with Crippen molar-refractivity contribution in [3.05, 3.63) is 65.7 Å². The lowest BCUT2D eigenvalue weighted by Crippen LogP contribution is -2.47. The molecule has 0 aliphatic rings. The lowest BCUT2D eigenvalue weighted by molar-refractivity contribution is -0.144. The third-order valence-electron chi connectivity index (χ3n) is 4.18. The van der Waals surface area contributed by atoms with Crippen LogP contribution in [0, 0.1) is 12.8 Å². The predicted molar refractivity (Wildman–Crippen MR) is 103 cm³/mol. The fourth-order valence-corrected chi connectivity index (χ4v) is 2.66. The second-order valence-corrected chi connectivity index (χ2v) is 6.61. The van der Waals surface area contributed by atoms with Gasteiger partial charge in [0.25, 0.3) is 0 Å². The zero-order chi connectivity index (χ0) is 19.1. The average Bonchev–Trinajstić information content (AvgIpc) is 2.64. The Morgan fingerprint density at radius 2 is 1.58 bits per heavy atom. The van der Waals surface area contributed by atoms with Gasteiger partial charge in [0.15, 0.2) is 0 Å². The molecule has 0 aliphatic heterocycles. The van der Waals surface area contributed by atoms with E-state index >= 15 is 0 Å². The minimum Gasteiger partial charge on any atom is -0.468 e. The van der Waals surface area contributed by atoms with E-state index in [-0.39, 0.29) is 17.8 Å². The molecule has 0 heterocycles. The summed E-state index contributed by atoms with van der Waals surface area (Å²) in [7, 11) is 1.35. The average molecular weight is 354 g/mol.